The third-order valence-electron chi connectivity index (χ3n) is 1.06. The summed E-state index contributed by atoms with van der Waals surface area (Å²) >= 11 is -0.586. The average molecular weight is 121 g/mol. The van der Waals surface area contributed by atoms with Gasteiger partial charge in [-0.15, -0.1) is 0 Å². The Hall–Kier alpha value is 0.254. The Morgan fingerprint density at radius 3 is 2.17 bits per heavy atom. The van der Waals surface area contributed by atoms with Gasteiger partial charge in [-0.05, 0) is 0 Å². The van der Waals surface area contributed by atoms with Crippen molar-refractivity contribution in [3.63, 3.8) is 0 Å². The first-order valence-electron chi connectivity index (χ1n) is 2.11. The van der Waals surface area contributed by atoms with E-state index in [9.17, 15) is 3.67 Å². The summed E-state index contributed by atoms with van der Waals surface area (Å²) in [5.41, 5.74) is 0. The summed E-state index contributed by atoms with van der Waals surface area (Å²) in [6.45, 7) is 0. The Balaban J connectivity index is 2.55. The molecule has 0 radical (unpaired) electrons. The third-order valence-corrected chi connectivity index (χ3v) is 2.16. The van der Waals surface area contributed by atoms with Gasteiger partial charge in [0.15, 0.2) is 0 Å². The molecule has 1 aliphatic rings. The van der Waals surface area contributed by atoms with Crippen molar-refractivity contribution in [2.24, 2.45) is 0 Å². The van der Waals surface area contributed by atoms with Gasteiger partial charge in [0.05, 0.1) is 0 Å². The summed E-state index contributed by atoms with van der Waals surface area (Å²) in [5, 5.41) is 0. The molecule has 33 valence electrons. The van der Waals surface area contributed by atoms with Gasteiger partial charge in [-0.1, -0.05) is 0 Å². The second-order valence-electron chi connectivity index (χ2n) is 1.51. The molecular formula is C4H6OV. The van der Waals surface area contributed by atoms with Crippen molar-refractivity contribution in [3.8, 4) is 0 Å². The first kappa shape index (κ1) is 4.41. The summed E-state index contributed by atoms with van der Waals surface area (Å²) in [5.74, 6) is 0. The van der Waals surface area contributed by atoms with E-state index >= 15 is 0 Å². The molecule has 0 bridgehead atoms. The van der Waals surface area contributed by atoms with Crippen molar-refractivity contribution in [1.82, 2.24) is 0 Å². The van der Waals surface area contributed by atoms with Crippen molar-refractivity contribution >= 4 is 4.23 Å². The Kier molecular flexibility index (Phi) is 1.33. The van der Waals surface area contributed by atoms with Crippen LogP contribution in [0.2, 0.25) is 0 Å². The second kappa shape index (κ2) is 1.81. The van der Waals surface area contributed by atoms with Crippen molar-refractivity contribution < 1.29 is 19.5 Å². The van der Waals surface area contributed by atoms with Crippen LogP contribution in [0.15, 0.2) is 0 Å². The molecule has 1 saturated carbocycles. The molecule has 0 saturated heterocycles. The summed E-state index contributed by atoms with van der Waals surface area (Å²) in [6.07, 6.45) is 3.60. The van der Waals surface area contributed by atoms with Crippen molar-refractivity contribution in [2.75, 3.05) is 0 Å². The first-order valence-corrected chi connectivity index (χ1v) is 3.38. The monoisotopic (exact) mass is 121 g/mol. The fourth-order valence-electron chi connectivity index (χ4n) is 0.426. The molecular weight excluding hydrogens is 115 g/mol. The van der Waals surface area contributed by atoms with E-state index in [0.717, 1.165) is 12.8 Å². The molecule has 0 spiro atoms. The molecule has 0 heterocycles. The van der Waals surface area contributed by atoms with Crippen LogP contribution in [0, 0.1) is 0 Å². The van der Waals surface area contributed by atoms with Crippen molar-refractivity contribution in [2.45, 2.75) is 19.3 Å². The average Bonchev–Trinajstić information content (AvgIpc) is 1.31. The van der Waals surface area contributed by atoms with E-state index in [1.54, 1.807) is 0 Å². The zero-order chi connectivity index (χ0) is 4.41. The van der Waals surface area contributed by atoms with E-state index in [2.05, 4.69) is 0 Å². The summed E-state index contributed by atoms with van der Waals surface area (Å²) in [6, 6.07) is 0. The van der Waals surface area contributed by atoms with Crippen LogP contribution in [-0.2, 0) is 19.5 Å². The predicted molar refractivity (Wildman–Crippen MR) is 19.5 cm³/mol. The third kappa shape index (κ3) is 0.661. The standard InChI is InChI=1S/C4H6.O.V/c1-2-4-3-1;;/h1-3H2;;. The maximum atomic E-state index is 9.97. The van der Waals surface area contributed by atoms with E-state index < -0.39 is 15.8 Å². The van der Waals surface area contributed by atoms with Gasteiger partial charge in [0, 0.05) is 0 Å². The van der Waals surface area contributed by atoms with E-state index in [1.165, 1.54) is 10.6 Å². The molecule has 0 atom stereocenters. The summed E-state index contributed by atoms with van der Waals surface area (Å²) in [4.78, 5) is 0. The van der Waals surface area contributed by atoms with Crippen LogP contribution >= 0.6 is 0 Å². The molecule has 1 fully saturated rings. The molecule has 0 aromatic carbocycles. The van der Waals surface area contributed by atoms with Gasteiger partial charge in [0.1, 0.15) is 0 Å². The van der Waals surface area contributed by atoms with Gasteiger partial charge in [0.25, 0.3) is 0 Å². The van der Waals surface area contributed by atoms with Crippen LogP contribution in [0.5, 0.6) is 0 Å². The van der Waals surface area contributed by atoms with Crippen LogP contribution in [0.1, 0.15) is 19.3 Å². The Bertz CT molecular complexity index is 96.1. The minimum absolute atomic E-state index is 0.586. The van der Waals surface area contributed by atoms with Gasteiger partial charge >= 0.3 is 43.0 Å². The molecule has 0 aliphatic heterocycles. The molecule has 0 amide bonds. The first-order chi connectivity index (χ1) is 2.93. The number of hydrogen-bond donors (Lipinski definition) is 0. The van der Waals surface area contributed by atoms with Gasteiger partial charge in [-0.2, -0.15) is 0 Å². The van der Waals surface area contributed by atoms with Crippen LogP contribution in [0.4, 0.5) is 0 Å². The zero-order valence-corrected chi connectivity index (χ0v) is 4.87. The molecule has 0 unspecified atom stereocenters. The van der Waals surface area contributed by atoms with E-state index in [0.29, 0.717) is 0 Å². The SMILES string of the molecule is [O]=[V]=[C]1CCC1. The molecule has 2 heteroatoms. The molecule has 1 rings (SSSR count). The summed E-state index contributed by atoms with van der Waals surface area (Å²) in [7, 11) is 0. The number of rotatable bonds is 0. The molecule has 6 heavy (non-hydrogen) atoms. The normalized spacial score (nSPS) is 19.0. The molecule has 1 aliphatic carbocycles. The molecule has 1 nitrogen and oxygen atoms in total. The maximum absolute atomic E-state index is 9.97. The quantitative estimate of drug-likeness (QED) is 0.462. The van der Waals surface area contributed by atoms with E-state index in [1.807, 2.05) is 0 Å². The fourth-order valence-corrected chi connectivity index (χ4v) is 1.21. The second-order valence-corrected chi connectivity index (χ2v) is 2.78. The topological polar surface area (TPSA) is 17.1 Å². The fraction of sp³-hybridized carbons (Fsp3) is 0.750. The zero-order valence-electron chi connectivity index (χ0n) is 3.48. The van der Waals surface area contributed by atoms with Gasteiger partial charge in [0.2, 0.25) is 0 Å². The Morgan fingerprint density at radius 1 is 1.50 bits per heavy atom. The van der Waals surface area contributed by atoms with Gasteiger partial charge in [-0.25, -0.2) is 0 Å². The van der Waals surface area contributed by atoms with Crippen molar-refractivity contribution in [3.05, 3.63) is 0 Å². The van der Waals surface area contributed by atoms with E-state index in [4.69, 9.17) is 0 Å². The van der Waals surface area contributed by atoms with Crippen LogP contribution in [0.3, 0.4) is 0 Å². The predicted octanol–water partition coefficient (Wildman–Crippen LogP) is 0.771. The van der Waals surface area contributed by atoms with Crippen LogP contribution < -0.4 is 0 Å². The summed E-state index contributed by atoms with van der Waals surface area (Å²) < 4.78 is 11.3. The molecule has 0 aromatic rings. The van der Waals surface area contributed by atoms with Crippen LogP contribution in [0.25, 0.3) is 0 Å². The molecule has 0 N–H and O–H groups in total. The molecule has 0 aromatic heterocycles. The Labute approximate surface area is 43.6 Å². The van der Waals surface area contributed by atoms with Crippen molar-refractivity contribution in [1.29, 1.82) is 0 Å². The minimum atomic E-state index is -0.586. The van der Waals surface area contributed by atoms with Crippen LogP contribution in [-0.4, -0.2) is 4.23 Å². The van der Waals surface area contributed by atoms with E-state index in [-0.39, 0.29) is 0 Å². The van der Waals surface area contributed by atoms with Gasteiger partial charge < -0.3 is 0 Å². The van der Waals surface area contributed by atoms with Gasteiger partial charge in [-0.3, -0.25) is 0 Å². The Morgan fingerprint density at radius 2 is 2.17 bits per heavy atom. The number of hydrogen-bond acceptors (Lipinski definition) is 1.